The van der Waals surface area contributed by atoms with E-state index in [2.05, 4.69) is 34.5 Å². The molecule has 274 valence electrons. The average molecular weight is 742 g/mol. The number of benzene rings is 1. The fraction of sp³-hybridized carbons (Fsp3) is 0.382. The van der Waals surface area contributed by atoms with Crippen molar-refractivity contribution in [3.05, 3.63) is 76.6 Å². The molecule has 5 heterocycles. The normalized spacial score (nSPS) is 16.5. The molecule has 0 unspecified atom stereocenters. The largest absolute Gasteiger partial charge is 0.435 e. The second-order valence-electron chi connectivity index (χ2n) is 13.6. The Kier molecular flexibility index (Phi) is 9.85. The van der Waals surface area contributed by atoms with E-state index in [4.69, 9.17) is 17.3 Å². The molecule has 2 aliphatic rings. The molecule has 4 amide bonds. The Morgan fingerprint density at radius 1 is 0.962 bits per heavy atom. The summed E-state index contributed by atoms with van der Waals surface area (Å²) in [6.07, 6.45) is 0.169. The van der Waals surface area contributed by atoms with Crippen LogP contribution in [0.15, 0.2) is 48.9 Å². The minimum atomic E-state index is -4.87. The first-order chi connectivity index (χ1) is 24.5. The van der Waals surface area contributed by atoms with Crippen molar-refractivity contribution in [2.45, 2.75) is 19.0 Å². The number of amides is 4. The first-order valence-corrected chi connectivity index (χ1v) is 16.9. The third kappa shape index (κ3) is 7.50. The predicted molar refractivity (Wildman–Crippen MR) is 184 cm³/mol. The van der Waals surface area contributed by atoms with Crippen LogP contribution in [0.4, 0.5) is 18.9 Å². The van der Waals surface area contributed by atoms with Gasteiger partial charge < -0.3 is 29.9 Å². The van der Waals surface area contributed by atoms with Gasteiger partial charge in [-0.25, -0.2) is 14.6 Å². The second kappa shape index (κ2) is 14.0. The SMILES string of the molecule is Cn1c(-c2cn(-c3ccc(C(N)=O)cn3)nc2C(F)(F)F)cnc1C(=O)Nc1ccc(C(=O)N2CCN(C(=O)C3CC[N+](C)(C)CC3)CC2)c(Cl)c1. The lowest BCUT2D eigenvalue weighted by molar-refractivity contribution is -0.895. The van der Waals surface area contributed by atoms with Crippen molar-refractivity contribution in [1.29, 1.82) is 0 Å². The number of primary amides is 1. The Morgan fingerprint density at radius 2 is 1.63 bits per heavy atom. The smallest absolute Gasteiger partial charge is 0.366 e. The molecule has 0 bridgehead atoms. The van der Waals surface area contributed by atoms with Gasteiger partial charge in [0, 0.05) is 70.1 Å². The molecule has 1 aromatic carbocycles. The van der Waals surface area contributed by atoms with Crippen molar-refractivity contribution in [3.63, 3.8) is 0 Å². The molecule has 18 heteroatoms. The summed E-state index contributed by atoms with van der Waals surface area (Å²) in [6.45, 7) is 3.51. The minimum absolute atomic E-state index is 0.00328. The van der Waals surface area contributed by atoms with E-state index >= 15 is 0 Å². The van der Waals surface area contributed by atoms with Gasteiger partial charge in [0.2, 0.25) is 11.8 Å². The molecule has 2 fully saturated rings. The summed E-state index contributed by atoms with van der Waals surface area (Å²) in [5.74, 6) is -1.85. The monoisotopic (exact) mass is 741 g/mol. The van der Waals surface area contributed by atoms with Crippen LogP contribution in [0.25, 0.3) is 17.1 Å². The maximum atomic E-state index is 14.1. The number of rotatable bonds is 7. The molecule has 14 nitrogen and oxygen atoms in total. The molecule has 3 N–H and O–H groups in total. The highest BCUT2D eigenvalue weighted by Gasteiger charge is 2.39. The molecule has 0 radical (unpaired) electrons. The van der Waals surface area contributed by atoms with Gasteiger partial charge in [-0.3, -0.25) is 19.2 Å². The van der Waals surface area contributed by atoms with Gasteiger partial charge in [0.1, 0.15) is 0 Å². The molecule has 0 spiro atoms. The standard InChI is InChI=1S/C34H36ClF3N10O4/c1-44-26(24-19-47(43-28(24)34(36,37)38)27-7-4-21(17-40-27)29(39)49)18-41-30(44)31(50)42-22-5-6-23(25(35)16-22)33(52)46-12-10-45(11-13-46)32(51)20-8-14-48(2,3)15-9-20/h4-7,16-20H,8-15H2,1-3H3,(H2-,39,42,49,50,52)/p+1. The average Bonchev–Trinajstić information content (AvgIpc) is 3.72. The van der Waals surface area contributed by atoms with E-state index in [0.717, 1.165) is 53.7 Å². The number of nitrogens with zero attached hydrogens (tertiary/aromatic N) is 8. The van der Waals surface area contributed by atoms with Gasteiger partial charge in [0.05, 0.1) is 60.8 Å². The van der Waals surface area contributed by atoms with E-state index in [9.17, 15) is 32.3 Å². The molecule has 52 heavy (non-hydrogen) atoms. The highest BCUT2D eigenvalue weighted by Crippen LogP contribution is 2.37. The van der Waals surface area contributed by atoms with Gasteiger partial charge in [-0.05, 0) is 30.3 Å². The number of hydrogen-bond donors (Lipinski definition) is 2. The van der Waals surface area contributed by atoms with Gasteiger partial charge in [-0.15, -0.1) is 0 Å². The van der Waals surface area contributed by atoms with E-state index in [1.165, 1.54) is 41.9 Å². The van der Waals surface area contributed by atoms with Gasteiger partial charge in [0.15, 0.2) is 17.3 Å². The molecule has 6 rings (SSSR count). The predicted octanol–water partition coefficient (Wildman–Crippen LogP) is 3.46. The van der Waals surface area contributed by atoms with Crippen LogP contribution in [0.2, 0.25) is 5.02 Å². The molecule has 3 aromatic heterocycles. The van der Waals surface area contributed by atoms with Gasteiger partial charge >= 0.3 is 6.18 Å². The van der Waals surface area contributed by atoms with Crippen LogP contribution in [0.1, 0.15) is 49.9 Å². The quantitative estimate of drug-likeness (QED) is 0.274. The first-order valence-electron chi connectivity index (χ1n) is 16.5. The van der Waals surface area contributed by atoms with Crippen LogP contribution < -0.4 is 11.1 Å². The van der Waals surface area contributed by atoms with Crippen LogP contribution in [-0.2, 0) is 18.0 Å². The van der Waals surface area contributed by atoms with E-state index in [1.807, 2.05) is 4.90 Å². The van der Waals surface area contributed by atoms with E-state index < -0.39 is 23.7 Å². The number of piperazine rings is 1. The number of anilines is 1. The fourth-order valence-electron chi connectivity index (χ4n) is 6.45. The number of alkyl halides is 3. The fourth-order valence-corrected chi connectivity index (χ4v) is 6.71. The minimum Gasteiger partial charge on any atom is -0.366 e. The summed E-state index contributed by atoms with van der Waals surface area (Å²) in [7, 11) is 5.72. The highest BCUT2D eigenvalue weighted by molar-refractivity contribution is 6.34. The van der Waals surface area contributed by atoms with Gasteiger partial charge in [-0.2, -0.15) is 18.3 Å². The summed E-state index contributed by atoms with van der Waals surface area (Å²) in [5, 5.41) is 6.39. The van der Waals surface area contributed by atoms with E-state index in [1.54, 1.807) is 4.90 Å². The van der Waals surface area contributed by atoms with Gasteiger partial charge in [-0.1, -0.05) is 11.6 Å². The number of aromatic nitrogens is 5. The number of imidazole rings is 1. The zero-order valence-corrected chi connectivity index (χ0v) is 29.4. The Hall–Kier alpha value is -5.29. The van der Waals surface area contributed by atoms with Crippen molar-refractivity contribution in [3.8, 4) is 17.1 Å². The van der Waals surface area contributed by atoms with Crippen LogP contribution in [-0.4, -0.2) is 116 Å². The molecule has 4 aromatic rings. The molecular formula is C34H37ClF3N10O4+. The zero-order valence-electron chi connectivity index (χ0n) is 28.7. The van der Waals surface area contributed by atoms with Crippen LogP contribution in [0.5, 0.6) is 0 Å². The zero-order chi connectivity index (χ0) is 37.5. The Bertz CT molecular complexity index is 2030. The number of quaternary nitrogens is 1. The topological polar surface area (TPSA) is 161 Å². The third-order valence-electron chi connectivity index (χ3n) is 9.57. The number of nitrogens with one attached hydrogen (secondary N) is 1. The molecular weight excluding hydrogens is 705 g/mol. The number of likely N-dealkylation sites (tertiary alicyclic amines) is 1. The molecule has 2 saturated heterocycles. The third-order valence-corrected chi connectivity index (χ3v) is 9.88. The summed E-state index contributed by atoms with van der Waals surface area (Å²) in [6, 6.07) is 6.98. The number of piperidine rings is 1. The van der Waals surface area contributed by atoms with E-state index in [0.29, 0.717) is 26.2 Å². The maximum Gasteiger partial charge on any atom is 0.435 e. The molecule has 0 aliphatic carbocycles. The lowest BCUT2D eigenvalue weighted by Crippen LogP contribution is -2.54. The summed E-state index contributed by atoms with van der Waals surface area (Å²) >= 11 is 6.50. The number of carbonyl (C=O) groups is 4. The highest BCUT2D eigenvalue weighted by atomic mass is 35.5. The van der Waals surface area contributed by atoms with Crippen molar-refractivity contribution < 1.29 is 36.8 Å². The second-order valence-corrected chi connectivity index (χ2v) is 14.0. The number of hydrogen-bond acceptors (Lipinski definition) is 7. The number of carbonyl (C=O) groups excluding carboxylic acids is 4. The van der Waals surface area contributed by atoms with E-state index in [-0.39, 0.29) is 62.5 Å². The lowest BCUT2D eigenvalue weighted by Gasteiger charge is -2.40. The summed E-state index contributed by atoms with van der Waals surface area (Å²) in [4.78, 5) is 62.6. The summed E-state index contributed by atoms with van der Waals surface area (Å²) in [5.41, 5.74) is 4.08. The number of halogens is 4. The molecule has 2 aliphatic heterocycles. The lowest BCUT2D eigenvalue weighted by atomic mass is 9.94. The maximum absolute atomic E-state index is 14.1. The van der Waals surface area contributed by atoms with Crippen LogP contribution >= 0.6 is 11.6 Å². The molecule has 0 atom stereocenters. The molecule has 0 saturated carbocycles. The van der Waals surface area contributed by atoms with Crippen molar-refractivity contribution in [2.24, 2.45) is 18.7 Å². The van der Waals surface area contributed by atoms with Crippen molar-refractivity contribution in [1.82, 2.24) is 34.1 Å². The van der Waals surface area contributed by atoms with Crippen molar-refractivity contribution >= 4 is 40.9 Å². The van der Waals surface area contributed by atoms with Crippen molar-refractivity contribution in [2.75, 3.05) is 58.7 Å². The van der Waals surface area contributed by atoms with Gasteiger partial charge in [0.25, 0.3) is 11.8 Å². The van der Waals surface area contributed by atoms with Crippen LogP contribution in [0.3, 0.4) is 0 Å². The Labute approximate surface area is 301 Å². The summed E-state index contributed by atoms with van der Waals surface area (Å²) < 4.78 is 45.2. The Balaban J connectivity index is 1.12. The number of pyridine rings is 1. The van der Waals surface area contributed by atoms with Crippen LogP contribution in [0, 0.1) is 5.92 Å². The number of nitrogens with two attached hydrogens (primary N) is 1. The Morgan fingerprint density at radius 3 is 2.23 bits per heavy atom. The first kappa shape index (κ1) is 36.5.